The topological polar surface area (TPSA) is 3.88 Å². The fraction of sp³-hybridized carbons (Fsp3) is 0.293. The molecule has 1 aromatic heterocycles. The van der Waals surface area contributed by atoms with Crippen LogP contribution in [0.1, 0.15) is 83.0 Å². The molecule has 1 aliphatic rings. The molecule has 44 heavy (non-hydrogen) atoms. The Morgan fingerprint density at radius 2 is 1.20 bits per heavy atom. The van der Waals surface area contributed by atoms with Crippen molar-refractivity contribution in [3.05, 3.63) is 124 Å². The molecule has 0 radical (unpaired) electrons. The number of hydrogen-bond acceptors (Lipinski definition) is 0. The summed E-state index contributed by atoms with van der Waals surface area (Å²) in [6.07, 6.45) is -0.784. The summed E-state index contributed by atoms with van der Waals surface area (Å²) in [4.78, 5) is 0. The minimum absolute atomic E-state index is 0.00179. The predicted molar refractivity (Wildman–Crippen MR) is 193 cm³/mol. The number of fused-ring (bicyclic) bond motifs is 2. The first kappa shape index (κ1) is 15.9. The first-order chi connectivity index (χ1) is 27.7. The fourth-order valence-electron chi connectivity index (χ4n) is 6.81. The van der Waals surface area contributed by atoms with E-state index in [-0.39, 0.29) is 44.3 Å². The molecule has 0 aliphatic carbocycles. The molecule has 3 heteroatoms. The molecule has 0 spiro atoms. The van der Waals surface area contributed by atoms with Gasteiger partial charge in [0.05, 0.1) is 0 Å². The Bertz CT molecular complexity index is 2460. The van der Waals surface area contributed by atoms with Gasteiger partial charge in [-0.2, -0.15) is 0 Å². The summed E-state index contributed by atoms with van der Waals surface area (Å²) in [7, 11) is 1.63. The van der Waals surface area contributed by atoms with Gasteiger partial charge >= 0.3 is 0 Å². The van der Waals surface area contributed by atoms with Crippen LogP contribution >= 0.6 is 0 Å². The highest BCUT2D eigenvalue weighted by Gasteiger charge is 2.42. The van der Waals surface area contributed by atoms with E-state index in [1.54, 1.807) is 75.7 Å². The van der Waals surface area contributed by atoms with Gasteiger partial charge in [-0.15, -0.1) is 0 Å². The maximum absolute atomic E-state index is 9.24. The van der Waals surface area contributed by atoms with E-state index >= 15 is 0 Å². The third kappa shape index (κ3) is 5.15. The van der Waals surface area contributed by atoms with Crippen LogP contribution in [0, 0.1) is 46.6 Å². The number of nitrogens with zero attached hydrogens (tertiary/aromatic N) is 1. The highest BCUT2D eigenvalue weighted by molar-refractivity contribution is 7.11. The highest BCUT2D eigenvalue weighted by atomic mass is 14.9. The largest absolute Gasteiger partial charge is 0.241 e. The van der Waals surface area contributed by atoms with Crippen molar-refractivity contribution in [1.29, 1.82) is 0 Å². The Labute approximate surface area is 290 Å². The Morgan fingerprint density at radius 3 is 1.75 bits per heavy atom. The first-order valence-corrected chi connectivity index (χ1v) is 14.8. The van der Waals surface area contributed by atoms with E-state index in [1.165, 1.54) is 48.7 Å². The summed E-state index contributed by atoms with van der Waals surface area (Å²) in [6, 6.07) is 20.1. The van der Waals surface area contributed by atoms with E-state index in [4.69, 9.17) is 20.6 Å². The van der Waals surface area contributed by atoms with Crippen LogP contribution < -0.4 is 37.3 Å². The zero-order valence-corrected chi connectivity index (χ0v) is 25.7. The van der Waals surface area contributed by atoms with Crippen LogP contribution in [0.3, 0.4) is 0 Å². The Balaban J connectivity index is 1.86. The van der Waals surface area contributed by atoms with E-state index < -0.39 is 59.5 Å². The number of benzene rings is 4. The lowest BCUT2D eigenvalue weighted by atomic mass is 9.20. The van der Waals surface area contributed by atoms with E-state index in [2.05, 4.69) is 0 Å². The second-order valence-electron chi connectivity index (χ2n) is 12.7. The molecule has 0 unspecified atom stereocenters. The normalized spacial score (nSPS) is 20.2. The van der Waals surface area contributed by atoms with Crippen LogP contribution in [0.2, 0.25) is 0 Å². The molecular formula is C41H46B2N+. The summed E-state index contributed by atoms with van der Waals surface area (Å²) < 4.78 is 149. The van der Waals surface area contributed by atoms with Crippen LogP contribution in [0.4, 0.5) is 0 Å². The molecule has 0 amide bonds. The van der Waals surface area contributed by atoms with E-state index in [0.29, 0.717) is 38.7 Å². The van der Waals surface area contributed by atoms with Gasteiger partial charge in [0.1, 0.15) is 7.05 Å². The monoisotopic (exact) mass is 591 g/mol. The lowest BCUT2D eigenvalue weighted by molar-refractivity contribution is -0.660. The van der Waals surface area contributed by atoms with Crippen molar-refractivity contribution in [2.45, 2.75) is 68.3 Å². The van der Waals surface area contributed by atoms with Gasteiger partial charge < -0.3 is 0 Å². The second-order valence-corrected chi connectivity index (χ2v) is 12.7. The number of pyridine rings is 1. The molecule has 1 aliphatic heterocycles. The average Bonchev–Trinajstić information content (AvgIpc) is 3.11. The smallest absolute Gasteiger partial charge is 0.201 e. The molecule has 4 aromatic carbocycles. The van der Waals surface area contributed by atoms with Crippen molar-refractivity contribution in [3.8, 4) is 11.3 Å². The number of aryl methyl sites for hydroxylation is 6. The van der Waals surface area contributed by atoms with Gasteiger partial charge in [0.25, 0.3) is 0 Å². The number of aromatic nitrogens is 1. The number of hydrogen-bond donors (Lipinski definition) is 0. The molecule has 6 rings (SSSR count). The van der Waals surface area contributed by atoms with Gasteiger partial charge in [0.2, 0.25) is 19.1 Å². The summed E-state index contributed by atoms with van der Waals surface area (Å²) in [5, 5.41) is 0. The summed E-state index contributed by atoms with van der Waals surface area (Å²) in [6.45, 7) is -9.27. The minimum Gasteiger partial charge on any atom is -0.201 e. The fourth-order valence-corrected chi connectivity index (χ4v) is 6.81. The summed E-state index contributed by atoms with van der Waals surface area (Å²) in [5.74, 6) is 0. The maximum atomic E-state index is 9.24. The minimum atomic E-state index is -2.80. The van der Waals surface area contributed by atoms with E-state index in [1.807, 2.05) is 0 Å². The molecule has 5 aromatic rings. The van der Waals surface area contributed by atoms with Crippen molar-refractivity contribution in [2.75, 3.05) is 0 Å². The van der Waals surface area contributed by atoms with Crippen molar-refractivity contribution in [2.24, 2.45) is 12.5 Å². The quantitative estimate of drug-likeness (QED) is 0.202. The number of rotatable bonds is 4. The van der Waals surface area contributed by atoms with Gasteiger partial charge in [0.15, 0.2) is 6.20 Å². The van der Waals surface area contributed by atoms with E-state index in [9.17, 15) is 2.74 Å². The van der Waals surface area contributed by atoms with Crippen LogP contribution in [0.5, 0.6) is 0 Å². The molecule has 1 nitrogen and oxygen atoms in total. The van der Waals surface area contributed by atoms with Crippen LogP contribution in [-0.2, 0) is 13.4 Å². The van der Waals surface area contributed by atoms with Crippen LogP contribution in [0.15, 0.2) is 85.1 Å². The van der Waals surface area contributed by atoms with E-state index in [0.717, 1.165) is 0 Å². The Morgan fingerprint density at radius 1 is 0.659 bits per heavy atom. The first-order valence-electron chi connectivity index (χ1n) is 23.3. The molecule has 0 bridgehead atoms. The van der Waals surface area contributed by atoms with Crippen molar-refractivity contribution >= 4 is 46.2 Å². The molecule has 0 N–H and O–H groups in total. The highest BCUT2D eigenvalue weighted by Crippen LogP contribution is 2.27. The van der Waals surface area contributed by atoms with Crippen molar-refractivity contribution in [3.63, 3.8) is 0 Å². The Hall–Kier alpha value is -3.84. The lowest BCUT2D eigenvalue weighted by Crippen LogP contribution is -2.76. The molecule has 0 saturated carbocycles. The molecule has 0 saturated heterocycles. The van der Waals surface area contributed by atoms with Crippen LogP contribution in [0.25, 0.3) is 11.3 Å². The third-order valence-electron chi connectivity index (χ3n) is 8.62. The summed E-state index contributed by atoms with van der Waals surface area (Å²) in [5.41, 5.74) is 0.940. The second kappa shape index (κ2) is 11.3. The maximum Gasteiger partial charge on any atom is 0.241 e. The SMILES string of the molecule is [2H]C([2H])([2H])c1c[n+](C)c(-c2ccc3c(c2C)B(c2c(C([2H])([2H])[2H])cccc2C([2H])([2H])[2H])c2ccccc2B3c2c(C([2H])([2H])[2H])cccc2C([2H])([2H])[2H])cc1C([2H])([2H])C(C)(C)C. The van der Waals surface area contributed by atoms with Crippen molar-refractivity contribution in [1.82, 2.24) is 0 Å². The summed E-state index contributed by atoms with van der Waals surface area (Å²) >= 11 is 0. The van der Waals surface area contributed by atoms with Crippen LogP contribution in [-0.4, -0.2) is 13.4 Å². The molecule has 220 valence electrons. The molecule has 0 atom stereocenters. The van der Waals surface area contributed by atoms with Gasteiger partial charge in [-0.3, -0.25) is 0 Å². The van der Waals surface area contributed by atoms with Gasteiger partial charge in [-0.1, -0.05) is 143 Å². The predicted octanol–water partition coefficient (Wildman–Crippen LogP) is 4.96. The molecular weight excluding hydrogens is 528 g/mol. The molecule has 0 fully saturated rings. The average molecular weight is 592 g/mol. The zero-order valence-electron chi connectivity index (χ0n) is 42.7. The standard InChI is InChI=1S/C41H46B2N/c1-26-15-13-16-27(2)38(26)42-34-19-11-12-20-35(34)43(39-28(3)17-14-18-29(39)4)40-31(6)33(21-22-36(40)42)37-23-32(24-41(7,8)9)30(5)25-44(37)10/h11-23,25H,24H2,1-10H3/q+1/i1D3,2D3,3D3,4D3,5D3,24D2. The van der Waals surface area contributed by atoms with Gasteiger partial charge in [-0.25, -0.2) is 4.57 Å². The molecule has 2 heterocycles. The lowest BCUT2D eigenvalue weighted by Gasteiger charge is -2.36. The van der Waals surface area contributed by atoms with Gasteiger partial charge in [0, 0.05) is 40.5 Å². The van der Waals surface area contributed by atoms with Crippen molar-refractivity contribution < 1.29 is 27.9 Å². The zero-order chi connectivity index (χ0) is 45.8. The third-order valence-corrected chi connectivity index (χ3v) is 8.62. The van der Waals surface area contributed by atoms with Gasteiger partial charge in [-0.05, 0) is 70.2 Å². The Kier molecular flexibility index (Phi) is 4.08.